The van der Waals surface area contributed by atoms with Crippen LogP contribution in [0.3, 0.4) is 0 Å². The number of likely N-dealkylation sites (N-methyl/N-ethyl adjacent to an activating group) is 1. The predicted molar refractivity (Wildman–Crippen MR) is 69.9 cm³/mol. The minimum atomic E-state index is 0.656. The van der Waals surface area contributed by atoms with Crippen molar-refractivity contribution in [2.24, 2.45) is 0 Å². The molecule has 0 aliphatic carbocycles. The highest BCUT2D eigenvalue weighted by molar-refractivity contribution is 5.47. The molecular formula is C14H22N2. The van der Waals surface area contributed by atoms with Crippen LogP contribution in [0.25, 0.3) is 0 Å². The van der Waals surface area contributed by atoms with E-state index in [2.05, 4.69) is 54.4 Å². The average molecular weight is 218 g/mol. The minimum absolute atomic E-state index is 0.656. The number of hydrogen-bond donors (Lipinski definition) is 1. The maximum atomic E-state index is 3.57. The second kappa shape index (κ2) is 5.35. The van der Waals surface area contributed by atoms with Gasteiger partial charge < -0.3 is 10.2 Å². The molecule has 1 aliphatic heterocycles. The summed E-state index contributed by atoms with van der Waals surface area (Å²) in [7, 11) is 0. The fourth-order valence-corrected chi connectivity index (χ4v) is 2.52. The smallest absolute Gasteiger partial charge is 0.0415 e. The van der Waals surface area contributed by atoms with Crippen molar-refractivity contribution in [3.8, 4) is 0 Å². The standard InChI is InChI=1S/C14H22N2/c1-3-16(13-7-5-4-6-8-13)14-10-9-12(2)15-11-14/h4-8,12,14-15H,3,9-11H2,1-2H3. The molecule has 0 saturated carbocycles. The number of piperidine rings is 1. The van der Waals surface area contributed by atoms with E-state index in [4.69, 9.17) is 0 Å². The first kappa shape index (κ1) is 11.5. The fraction of sp³-hybridized carbons (Fsp3) is 0.571. The fourth-order valence-electron chi connectivity index (χ4n) is 2.52. The van der Waals surface area contributed by atoms with Gasteiger partial charge in [0.05, 0.1) is 0 Å². The van der Waals surface area contributed by atoms with Crippen LogP contribution in [0.1, 0.15) is 26.7 Å². The minimum Gasteiger partial charge on any atom is -0.368 e. The lowest BCUT2D eigenvalue weighted by atomic mass is 10.00. The monoisotopic (exact) mass is 218 g/mol. The van der Waals surface area contributed by atoms with Crippen LogP contribution >= 0.6 is 0 Å². The van der Waals surface area contributed by atoms with Crippen LogP contribution in [0.15, 0.2) is 30.3 Å². The molecule has 1 fully saturated rings. The van der Waals surface area contributed by atoms with Gasteiger partial charge >= 0.3 is 0 Å². The Balaban J connectivity index is 2.05. The number of para-hydroxylation sites is 1. The molecule has 2 atom stereocenters. The summed E-state index contributed by atoms with van der Waals surface area (Å²) in [5, 5.41) is 3.57. The average Bonchev–Trinajstić information content (AvgIpc) is 2.34. The van der Waals surface area contributed by atoms with E-state index >= 15 is 0 Å². The number of anilines is 1. The zero-order valence-corrected chi connectivity index (χ0v) is 10.3. The molecule has 2 nitrogen and oxygen atoms in total. The third-order valence-electron chi connectivity index (χ3n) is 3.50. The van der Waals surface area contributed by atoms with E-state index in [1.54, 1.807) is 0 Å². The number of benzene rings is 1. The second-order valence-corrected chi connectivity index (χ2v) is 4.66. The summed E-state index contributed by atoms with van der Waals surface area (Å²) < 4.78 is 0. The van der Waals surface area contributed by atoms with E-state index < -0.39 is 0 Å². The zero-order valence-electron chi connectivity index (χ0n) is 10.3. The first-order valence-corrected chi connectivity index (χ1v) is 6.36. The largest absolute Gasteiger partial charge is 0.368 e. The molecule has 0 spiro atoms. The van der Waals surface area contributed by atoms with Crippen molar-refractivity contribution in [1.82, 2.24) is 5.32 Å². The topological polar surface area (TPSA) is 15.3 Å². The van der Waals surface area contributed by atoms with Crippen molar-refractivity contribution in [2.75, 3.05) is 18.0 Å². The molecule has 2 heteroatoms. The molecule has 0 bridgehead atoms. The number of nitrogens with zero attached hydrogens (tertiary/aromatic N) is 1. The van der Waals surface area contributed by atoms with E-state index in [1.165, 1.54) is 18.5 Å². The maximum Gasteiger partial charge on any atom is 0.0415 e. The molecule has 2 rings (SSSR count). The van der Waals surface area contributed by atoms with Gasteiger partial charge in [-0.2, -0.15) is 0 Å². The quantitative estimate of drug-likeness (QED) is 0.839. The number of nitrogens with one attached hydrogen (secondary N) is 1. The van der Waals surface area contributed by atoms with Gasteiger partial charge in [0.2, 0.25) is 0 Å². The van der Waals surface area contributed by atoms with Crippen molar-refractivity contribution < 1.29 is 0 Å². The number of rotatable bonds is 3. The van der Waals surface area contributed by atoms with Gasteiger partial charge in [-0.3, -0.25) is 0 Å². The Kier molecular flexibility index (Phi) is 3.83. The van der Waals surface area contributed by atoms with Crippen LogP contribution in [0, 0.1) is 0 Å². The molecule has 2 unspecified atom stereocenters. The SMILES string of the molecule is CCN(c1ccccc1)C1CCC(C)NC1. The van der Waals surface area contributed by atoms with Crippen molar-refractivity contribution in [2.45, 2.75) is 38.8 Å². The van der Waals surface area contributed by atoms with Crippen LogP contribution in [0.2, 0.25) is 0 Å². The maximum absolute atomic E-state index is 3.57. The molecule has 1 N–H and O–H groups in total. The third-order valence-corrected chi connectivity index (χ3v) is 3.50. The van der Waals surface area contributed by atoms with Crippen LogP contribution in [0.5, 0.6) is 0 Å². The van der Waals surface area contributed by atoms with Gasteiger partial charge in [0.1, 0.15) is 0 Å². The molecule has 0 aromatic heterocycles. The molecule has 16 heavy (non-hydrogen) atoms. The van der Waals surface area contributed by atoms with Crippen LogP contribution < -0.4 is 10.2 Å². The van der Waals surface area contributed by atoms with E-state index in [0.717, 1.165) is 13.1 Å². The Morgan fingerprint density at radius 2 is 2.00 bits per heavy atom. The first-order valence-electron chi connectivity index (χ1n) is 6.36. The normalized spacial score (nSPS) is 25.4. The molecule has 1 aliphatic rings. The molecule has 0 amide bonds. The molecule has 0 radical (unpaired) electrons. The highest BCUT2D eigenvalue weighted by Gasteiger charge is 2.22. The summed E-state index contributed by atoms with van der Waals surface area (Å²) >= 11 is 0. The summed E-state index contributed by atoms with van der Waals surface area (Å²) in [6, 6.07) is 12.1. The van der Waals surface area contributed by atoms with Gasteiger partial charge in [-0.15, -0.1) is 0 Å². The zero-order chi connectivity index (χ0) is 11.4. The Morgan fingerprint density at radius 1 is 1.25 bits per heavy atom. The van der Waals surface area contributed by atoms with Crippen molar-refractivity contribution in [3.63, 3.8) is 0 Å². The van der Waals surface area contributed by atoms with Crippen molar-refractivity contribution in [3.05, 3.63) is 30.3 Å². The molecule has 88 valence electrons. The second-order valence-electron chi connectivity index (χ2n) is 4.66. The predicted octanol–water partition coefficient (Wildman–Crippen LogP) is 2.65. The molecular weight excluding hydrogens is 196 g/mol. The van der Waals surface area contributed by atoms with Gasteiger partial charge in [0.15, 0.2) is 0 Å². The first-order chi connectivity index (χ1) is 7.81. The van der Waals surface area contributed by atoms with Gasteiger partial charge in [0.25, 0.3) is 0 Å². The van der Waals surface area contributed by atoms with Crippen molar-refractivity contribution in [1.29, 1.82) is 0 Å². The molecule has 1 saturated heterocycles. The summed E-state index contributed by atoms with van der Waals surface area (Å²) in [6.07, 6.45) is 2.59. The molecule has 1 aromatic rings. The number of hydrogen-bond acceptors (Lipinski definition) is 2. The summed E-state index contributed by atoms with van der Waals surface area (Å²) in [5.41, 5.74) is 1.35. The lowest BCUT2D eigenvalue weighted by molar-refractivity contribution is 0.370. The highest BCUT2D eigenvalue weighted by Crippen LogP contribution is 2.21. The molecule has 1 heterocycles. The van der Waals surface area contributed by atoms with Crippen molar-refractivity contribution >= 4 is 5.69 Å². The Morgan fingerprint density at radius 3 is 2.56 bits per heavy atom. The Bertz CT molecular complexity index is 302. The van der Waals surface area contributed by atoms with E-state index in [0.29, 0.717) is 12.1 Å². The molecule has 1 aromatic carbocycles. The van der Waals surface area contributed by atoms with E-state index in [1.807, 2.05) is 0 Å². The lowest BCUT2D eigenvalue weighted by Gasteiger charge is -2.37. The summed E-state index contributed by atoms with van der Waals surface area (Å²) in [5.74, 6) is 0. The van der Waals surface area contributed by atoms with Gasteiger partial charge in [-0.1, -0.05) is 18.2 Å². The van der Waals surface area contributed by atoms with Crippen LogP contribution in [-0.4, -0.2) is 25.2 Å². The van der Waals surface area contributed by atoms with Gasteiger partial charge in [-0.05, 0) is 38.8 Å². The van der Waals surface area contributed by atoms with Crippen LogP contribution in [0.4, 0.5) is 5.69 Å². The van der Waals surface area contributed by atoms with Gasteiger partial charge in [0, 0.05) is 30.9 Å². The van der Waals surface area contributed by atoms with E-state index in [-0.39, 0.29) is 0 Å². The summed E-state index contributed by atoms with van der Waals surface area (Å²) in [6.45, 7) is 6.72. The highest BCUT2D eigenvalue weighted by atomic mass is 15.2. The third kappa shape index (κ3) is 2.56. The summed E-state index contributed by atoms with van der Waals surface area (Å²) in [4.78, 5) is 2.51. The van der Waals surface area contributed by atoms with Gasteiger partial charge in [-0.25, -0.2) is 0 Å². The Labute approximate surface area is 98.7 Å². The van der Waals surface area contributed by atoms with E-state index in [9.17, 15) is 0 Å². The Hall–Kier alpha value is -1.02. The lowest BCUT2D eigenvalue weighted by Crippen LogP contribution is -2.49. The van der Waals surface area contributed by atoms with Crippen LogP contribution in [-0.2, 0) is 0 Å².